The molecule has 13 heavy (non-hydrogen) atoms. The minimum atomic E-state index is -1.65. The van der Waals surface area contributed by atoms with Crippen molar-refractivity contribution in [1.29, 1.82) is 0 Å². The molecule has 0 radical (unpaired) electrons. The molecule has 0 saturated carbocycles. The number of rotatable bonds is 0. The maximum Gasteiger partial charge on any atom is 0.0715 e. The van der Waals surface area contributed by atoms with Crippen LogP contribution in [0.1, 0.15) is 45.0 Å². The van der Waals surface area contributed by atoms with Gasteiger partial charge in [0.05, 0.1) is 11.2 Å². The fourth-order valence-corrected chi connectivity index (χ4v) is 2.11. The van der Waals surface area contributed by atoms with E-state index >= 15 is 0 Å². The number of ether oxygens (including phenoxy) is 1. The molecular formula is C11H21NO. The minimum absolute atomic E-state index is 0.249. The van der Waals surface area contributed by atoms with Crippen molar-refractivity contribution in [3.05, 3.63) is 0 Å². The van der Waals surface area contributed by atoms with E-state index in [9.17, 15) is 0 Å². The molecule has 2 fully saturated rings. The van der Waals surface area contributed by atoms with Crippen LogP contribution in [0.15, 0.2) is 0 Å². The first-order valence-electron chi connectivity index (χ1n) is 6.92. The Kier molecular flexibility index (Phi) is 1.30. The Labute approximate surface area is 86.9 Å². The van der Waals surface area contributed by atoms with Gasteiger partial charge in [0.2, 0.25) is 0 Å². The first-order chi connectivity index (χ1) is 7.48. The van der Waals surface area contributed by atoms with Gasteiger partial charge in [-0.15, -0.1) is 0 Å². The quantitative estimate of drug-likeness (QED) is 0.581. The molecule has 2 nitrogen and oxygen atoms in total. The Bertz CT molecular complexity index is 311. The van der Waals surface area contributed by atoms with Gasteiger partial charge in [0, 0.05) is 18.5 Å². The fourth-order valence-electron chi connectivity index (χ4n) is 2.11. The lowest BCUT2D eigenvalue weighted by molar-refractivity contribution is -0.110. The maximum atomic E-state index is 7.98. The molecule has 1 spiro atoms. The zero-order valence-electron chi connectivity index (χ0n) is 12.7. The number of hydrogen-bond donors (Lipinski definition) is 0. The highest BCUT2D eigenvalue weighted by Gasteiger charge is 2.45. The fraction of sp³-hybridized carbons (Fsp3) is 1.00. The second kappa shape index (κ2) is 2.96. The van der Waals surface area contributed by atoms with Gasteiger partial charge in [-0.2, -0.15) is 0 Å². The largest absolute Gasteiger partial charge is 0.369 e. The Hall–Kier alpha value is -0.0800. The predicted octanol–water partition coefficient (Wildman–Crippen LogP) is 2.04. The molecule has 2 heteroatoms. The molecule has 2 rings (SSSR count). The van der Waals surface area contributed by atoms with Gasteiger partial charge in [-0.1, -0.05) is 0 Å². The summed E-state index contributed by atoms with van der Waals surface area (Å²) < 4.78 is 37.9. The van der Waals surface area contributed by atoms with Crippen LogP contribution < -0.4 is 0 Å². The summed E-state index contributed by atoms with van der Waals surface area (Å²) in [6.45, 7) is 0.681. The second-order valence-electron chi connectivity index (χ2n) is 4.77. The average molecular weight is 191 g/mol. The molecule has 0 atom stereocenters. The van der Waals surface area contributed by atoms with Crippen molar-refractivity contribution in [2.75, 3.05) is 20.0 Å². The first-order valence-corrected chi connectivity index (χ1v) is 4.92. The lowest BCUT2D eigenvalue weighted by atomic mass is 9.88. The smallest absolute Gasteiger partial charge is 0.0715 e. The molecule has 0 aromatic rings. The van der Waals surface area contributed by atoms with E-state index in [2.05, 4.69) is 0 Å². The number of piperidine rings is 1. The molecule has 0 aliphatic carbocycles. The second-order valence-corrected chi connectivity index (χ2v) is 4.77. The van der Waals surface area contributed by atoms with Crippen LogP contribution in [-0.4, -0.2) is 36.1 Å². The van der Waals surface area contributed by atoms with E-state index in [0.29, 0.717) is 0 Å². The van der Waals surface area contributed by atoms with Crippen LogP contribution in [0, 0.1) is 0 Å². The molecule has 0 unspecified atom stereocenters. The summed E-state index contributed by atoms with van der Waals surface area (Å²) in [7, 11) is 1.51. The average Bonchev–Trinajstić information content (AvgIpc) is 2.36. The van der Waals surface area contributed by atoms with Gasteiger partial charge >= 0.3 is 0 Å². The van der Waals surface area contributed by atoms with Gasteiger partial charge in [-0.25, -0.2) is 0 Å². The van der Waals surface area contributed by atoms with Crippen LogP contribution >= 0.6 is 0 Å². The molecule has 76 valence electrons. The van der Waals surface area contributed by atoms with E-state index < -0.39 is 18.6 Å². The molecule has 0 aromatic heterocycles. The Morgan fingerprint density at radius 2 is 1.77 bits per heavy atom. The van der Waals surface area contributed by atoms with Crippen molar-refractivity contribution >= 4 is 0 Å². The molecule has 2 aliphatic heterocycles. The SMILES string of the molecule is [3H]C1([3H])CC2(CCC(C)(C)O2)CC([3H])([3H])N1C. The van der Waals surface area contributed by atoms with Crippen molar-refractivity contribution in [3.63, 3.8) is 0 Å². The zero-order chi connectivity index (χ0) is 13.1. The summed E-state index contributed by atoms with van der Waals surface area (Å²) in [4.78, 5) is 1.19. The summed E-state index contributed by atoms with van der Waals surface area (Å²) in [6, 6.07) is 0. The van der Waals surface area contributed by atoms with E-state index in [1.165, 1.54) is 11.9 Å². The van der Waals surface area contributed by atoms with E-state index in [1.54, 1.807) is 0 Å². The number of hydrogen-bond acceptors (Lipinski definition) is 2. The third-order valence-corrected chi connectivity index (χ3v) is 2.95. The Morgan fingerprint density at radius 3 is 2.23 bits per heavy atom. The van der Waals surface area contributed by atoms with Gasteiger partial charge in [0.1, 0.15) is 0 Å². The maximum absolute atomic E-state index is 7.98. The van der Waals surface area contributed by atoms with Crippen molar-refractivity contribution in [2.45, 2.75) is 50.7 Å². The standard InChI is InChI=1S/C11H21NO/c1-10(2)4-5-11(13-10)6-8-12(3)9-7-11/h4-9H2,1-3H3/i8T2,9T2. The van der Waals surface area contributed by atoms with Gasteiger partial charge in [-0.3, -0.25) is 0 Å². The number of likely N-dealkylation sites (tertiary alicyclic amines) is 1. The molecular weight excluding hydrogens is 162 g/mol. The molecule has 2 saturated heterocycles. The molecule has 0 aromatic carbocycles. The highest BCUT2D eigenvalue weighted by Crippen LogP contribution is 2.43. The van der Waals surface area contributed by atoms with E-state index in [0.717, 1.165) is 12.8 Å². The predicted molar refractivity (Wildman–Crippen MR) is 53.9 cm³/mol. The highest BCUT2D eigenvalue weighted by molar-refractivity contribution is 4.96. The van der Waals surface area contributed by atoms with Gasteiger partial charge in [-0.05, 0) is 46.6 Å². The third-order valence-electron chi connectivity index (χ3n) is 2.95. The van der Waals surface area contributed by atoms with Crippen molar-refractivity contribution in [3.8, 4) is 0 Å². The normalized spacial score (nSPS) is 44.8. The highest BCUT2D eigenvalue weighted by atomic mass is 16.5. The van der Waals surface area contributed by atoms with Gasteiger partial charge in [0.15, 0.2) is 0 Å². The van der Waals surface area contributed by atoms with E-state index in [-0.39, 0.29) is 18.4 Å². The topological polar surface area (TPSA) is 12.5 Å². The van der Waals surface area contributed by atoms with Crippen molar-refractivity contribution in [2.24, 2.45) is 0 Å². The molecule has 0 N–H and O–H groups in total. The van der Waals surface area contributed by atoms with Crippen LogP contribution in [0.3, 0.4) is 0 Å². The summed E-state index contributed by atoms with van der Waals surface area (Å²) in [5, 5.41) is 0. The Balaban J connectivity index is 2.28. The van der Waals surface area contributed by atoms with Gasteiger partial charge < -0.3 is 9.64 Å². The lowest BCUT2D eigenvalue weighted by Gasteiger charge is -2.38. The van der Waals surface area contributed by atoms with Crippen molar-refractivity contribution in [1.82, 2.24) is 4.90 Å². The third kappa shape index (κ3) is 1.89. The lowest BCUT2D eigenvalue weighted by Crippen LogP contribution is -2.43. The molecule has 2 aliphatic rings. The summed E-state index contributed by atoms with van der Waals surface area (Å²) >= 11 is 0. The first kappa shape index (κ1) is 5.72. The van der Waals surface area contributed by atoms with Crippen molar-refractivity contribution < 1.29 is 10.2 Å². The molecule has 0 bridgehead atoms. The summed E-state index contributed by atoms with van der Waals surface area (Å²) in [6.07, 6.45) is 2.11. The van der Waals surface area contributed by atoms with Gasteiger partial charge in [0.25, 0.3) is 0 Å². The summed E-state index contributed by atoms with van der Waals surface area (Å²) in [5.41, 5.74) is -0.898. The van der Waals surface area contributed by atoms with E-state index in [1.807, 2.05) is 13.8 Å². The molecule has 0 amide bonds. The summed E-state index contributed by atoms with van der Waals surface area (Å²) in [5.74, 6) is 0. The van der Waals surface area contributed by atoms with E-state index in [4.69, 9.17) is 10.2 Å². The van der Waals surface area contributed by atoms with Crippen LogP contribution in [0.4, 0.5) is 0 Å². The van der Waals surface area contributed by atoms with Crippen LogP contribution in [0.25, 0.3) is 0 Å². The van der Waals surface area contributed by atoms with Crippen LogP contribution in [0.2, 0.25) is 0 Å². The molecule has 2 heterocycles. The zero-order valence-corrected chi connectivity index (χ0v) is 8.68. The number of nitrogens with zero attached hydrogens (tertiary/aromatic N) is 1. The Morgan fingerprint density at radius 1 is 1.15 bits per heavy atom. The minimum Gasteiger partial charge on any atom is -0.369 e. The monoisotopic (exact) mass is 191 g/mol. The van der Waals surface area contributed by atoms with Crippen LogP contribution in [-0.2, 0) is 4.74 Å². The van der Waals surface area contributed by atoms with Crippen LogP contribution in [0.5, 0.6) is 0 Å².